The normalized spacial score (nSPS) is 15.5. The summed E-state index contributed by atoms with van der Waals surface area (Å²) in [5.41, 5.74) is 0.0226. The van der Waals surface area contributed by atoms with Gasteiger partial charge in [-0.15, -0.1) is 0 Å². The number of benzene rings is 1. The highest BCUT2D eigenvalue weighted by Crippen LogP contribution is 2.29. The Morgan fingerprint density at radius 3 is 2.85 bits per heavy atom. The van der Waals surface area contributed by atoms with Crippen molar-refractivity contribution in [2.24, 2.45) is 0 Å². The Morgan fingerprint density at radius 2 is 2.23 bits per heavy atom. The molecule has 0 amide bonds. The van der Waals surface area contributed by atoms with Gasteiger partial charge in [-0.3, -0.25) is 4.79 Å². The van der Waals surface area contributed by atoms with Gasteiger partial charge in [-0.2, -0.15) is 0 Å². The van der Waals surface area contributed by atoms with Crippen LogP contribution in [0.15, 0.2) is 18.2 Å². The molecule has 0 heterocycles. The Balaban J connectivity index is 2.30. The molecule has 0 saturated heterocycles. The predicted molar refractivity (Wildman–Crippen MR) is 45.4 cm³/mol. The summed E-state index contributed by atoms with van der Waals surface area (Å²) >= 11 is 0. The molecule has 0 bridgehead atoms. The zero-order valence-electron chi connectivity index (χ0n) is 7.00. The number of carbonyl (C=O) groups is 1. The highest BCUT2D eigenvalue weighted by molar-refractivity contribution is 5.79. The lowest BCUT2D eigenvalue weighted by molar-refractivity contribution is 0.111. The number of halogens is 1. The highest BCUT2D eigenvalue weighted by atomic mass is 19.1. The van der Waals surface area contributed by atoms with Crippen LogP contribution < -0.4 is 4.74 Å². The Labute approximate surface area is 75.3 Å². The first kappa shape index (κ1) is 8.23. The Hall–Kier alpha value is -1.38. The topological polar surface area (TPSA) is 26.3 Å². The maximum atomic E-state index is 13.0. The number of hydrogen-bond donors (Lipinski definition) is 0. The second kappa shape index (κ2) is 3.17. The molecule has 0 radical (unpaired) electrons. The molecule has 0 atom stereocenters. The molecule has 1 fully saturated rings. The van der Waals surface area contributed by atoms with Crippen molar-refractivity contribution in [3.63, 3.8) is 0 Å². The van der Waals surface area contributed by atoms with E-state index in [1.807, 2.05) is 0 Å². The zero-order valence-corrected chi connectivity index (χ0v) is 7.00. The quantitative estimate of drug-likeness (QED) is 0.666. The molecule has 3 heteroatoms. The van der Waals surface area contributed by atoms with Gasteiger partial charge in [0.2, 0.25) is 0 Å². The van der Waals surface area contributed by atoms with Gasteiger partial charge in [0.25, 0.3) is 0 Å². The van der Waals surface area contributed by atoms with E-state index < -0.39 is 5.82 Å². The number of carbonyl (C=O) groups excluding carboxylic acids is 1. The number of aldehydes is 1. The van der Waals surface area contributed by atoms with Gasteiger partial charge in [0.15, 0.2) is 6.29 Å². The molecule has 2 nitrogen and oxygen atoms in total. The average Bonchev–Trinajstić information content (AvgIpc) is 2.89. The van der Waals surface area contributed by atoms with Gasteiger partial charge in [-0.1, -0.05) is 6.07 Å². The Bertz CT molecular complexity index is 332. The standard InChI is InChI=1S/C10H9FO2/c11-9-2-1-3-10(8(9)6-12)13-7-4-5-7/h1-3,6-7H,4-5H2. The molecule has 1 aliphatic carbocycles. The van der Waals surface area contributed by atoms with Crippen LogP contribution in [0.3, 0.4) is 0 Å². The first-order valence-corrected chi connectivity index (χ1v) is 4.21. The van der Waals surface area contributed by atoms with Crippen molar-refractivity contribution < 1.29 is 13.9 Å². The van der Waals surface area contributed by atoms with Gasteiger partial charge in [0.1, 0.15) is 11.6 Å². The van der Waals surface area contributed by atoms with Gasteiger partial charge in [-0.05, 0) is 25.0 Å². The molecule has 0 spiro atoms. The maximum Gasteiger partial charge on any atom is 0.156 e. The van der Waals surface area contributed by atoms with Crippen LogP contribution >= 0.6 is 0 Å². The van der Waals surface area contributed by atoms with Crippen LogP contribution in [-0.4, -0.2) is 12.4 Å². The monoisotopic (exact) mass is 180 g/mol. The number of ether oxygens (including phenoxy) is 1. The van der Waals surface area contributed by atoms with Crippen LogP contribution in [0.2, 0.25) is 0 Å². The first-order chi connectivity index (χ1) is 6.31. The fourth-order valence-electron chi connectivity index (χ4n) is 1.10. The third-order valence-electron chi connectivity index (χ3n) is 1.95. The van der Waals surface area contributed by atoms with Crippen LogP contribution in [-0.2, 0) is 0 Å². The van der Waals surface area contributed by atoms with Crippen molar-refractivity contribution in [2.45, 2.75) is 18.9 Å². The van der Waals surface area contributed by atoms with E-state index in [-0.39, 0.29) is 11.7 Å². The molecule has 1 aromatic carbocycles. The van der Waals surface area contributed by atoms with E-state index >= 15 is 0 Å². The van der Waals surface area contributed by atoms with Gasteiger partial charge >= 0.3 is 0 Å². The van der Waals surface area contributed by atoms with Crippen LogP contribution in [0.1, 0.15) is 23.2 Å². The summed E-state index contributed by atoms with van der Waals surface area (Å²) in [5.74, 6) is -0.161. The van der Waals surface area contributed by atoms with E-state index in [1.54, 1.807) is 12.1 Å². The van der Waals surface area contributed by atoms with E-state index in [2.05, 4.69) is 0 Å². The van der Waals surface area contributed by atoms with Crippen molar-refractivity contribution in [3.8, 4) is 5.75 Å². The molecule has 68 valence electrons. The molecule has 0 unspecified atom stereocenters. The van der Waals surface area contributed by atoms with Crippen LogP contribution in [0.5, 0.6) is 5.75 Å². The third kappa shape index (κ3) is 1.69. The van der Waals surface area contributed by atoms with Crippen molar-refractivity contribution >= 4 is 6.29 Å². The summed E-state index contributed by atoms with van der Waals surface area (Å²) in [7, 11) is 0. The molecule has 2 rings (SSSR count). The van der Waals surface area contributed by atoms with Gasteiger partial charge < -0.3 is 4.74 Å². The second-order valence-electron chi connectivity index (χ2n) is 3.09. The molecular weight excluding hydrogens is 171 g/mol. The van der Waals surface area contributed by atoms with Gasteiger partial charge in [0, 0.05) is 0 Å². The highest BCUT2D eigenvalue weighted by Gasteiger charge is 2.25. The summed E-state index contributed by atoms with van der Waals surface area (Å²) < 4.78 is 18.4. The fourth-order valence-corrected chi connectivity index (χ4v) is 1.10. The van der Waals surface area contributed by atoms with Crippen LogP contribution in [0.4, 0.5) is 4.39 Å². The lowest BCUT2D eigenvalue weighted by atomic mass is 10.2. The van der Waals surface area contributed by atoms with E-state index in [1.165, 1.54) is 6.07 Å². The smallest absolute Gasteiger partial charge is 0.156 e. The number of rotatable bonds is 3. The zero-order chi connectivity index (χ0) is 9.26. The van der Waals surface area contributed by atoms with Crippen molar-refractivity contribution in [1.29, 1.82) is 0 Å². The van der Waals surface area contributed by atoms with E-state index in [0.717, 1.165) is 12.8 Å². The third-order valence-corrected chi connectivity index (χ3v) is 1.95. The second-order valence-corrected chi connectivity index (χ2v) is 3.09. The van der Waals surface area contributed by atoms with E-state index in [9.17, 15) is 9.18 Å². The predicted octanol–water partition coefficient (Wildman–Crippen LogP) is 2.18. The minimum absolute atomic E-state index is 0.0226. The van der Waals surface area contributed by atoms with Crippen molar-refractivity contribution in [3.05, 3.63) is 29.6 Å². The van der Waals surface area contributed by atoms with Gasteiger partial charge in [-0.25, -0.2) is 4.39 Å². The van der Waals surface area contributed by atoms with Crippen molar-refractivity contribution in [2.75, 3.05) is 0 Å². The summed E-state index contributed by atoms with van der Waals surface area (Å²) in [5, 5.41) is 0. The molecule has 0 N–H and O–H groups in total. The summed E-state index contributed by atoms with van der Waals surface area (Å²) in [4.78, 5) is 10.5. The molecule has 0 aliphatic heterocycles. The van der Waals surface area contributed by atoms with Crippen LogP contribution in [0, 0.1) is 5.82 Å². The average molecular weight is 180 g/mol. The molecule has 13 heavy (non-hydrogen) atoms. The Kier molecular flexibility index (Phi) is 2.00. The maximum absolute atomic E-state index is 13.0. The summed E-state index contributed by atoms with van der Waals surface area (Å²) in [6.07, 6.45) is 2.66. The summed E-state index contributed by atoms with van der Waals surface area (Å²) in [6, 6.07) is 4.41. The Morgan fingerprint density at radius 1 is 1.46 bits per heavy atom. The first-order valence-electron chi connectivity index (χ1n) is 4.21. The molecule has 1 aliphatic rings. The number of hydrogen-bond acceptors (Lipinski definition) is 2. The molecule has 1 aromatic rings. The minimum Gasteiger partial charge on any atom is -0.490 e. The van der Waals surface area contributed by atoms with Gasteiger partial charge in [0.05, 0.1) is 11.7 Å². The molecule has 1 saturated carbocycles. The van der Waals surface area contributed by atoms with Crippen molar-refractivity contribution in [1.82, 2.24) is 0 Å². The van der Waals surface area contributed by atoms with Crippen LogP contribution in [0.25, 0.3) is 0 Å². The SMILES string of the molecule is O=Cc1c(F)cccc1OC1CC1. The lowest BCUT2D eigenvalue weighted by Gasteiger charge is -2.06. The fraction of sp³-hybridized carbons (Fsp3) is 0.300. The van der Waals surface area contributed by atoms with E-state index in [0.29, 0.717) is 12.0 Å². The lowest BCUT2D eigenvalue weighted by Crippen LogP contribution is -2.00. The van der Waals surface area contributed by atoms with E-state index in [4.69, 9.17) is 4.74 Å². The molecular formula is C10H9FO2. The summed E-state index contributed by atoms with van der Waals surface area (Å²) in [6.45, 7) is 0. The largest absolute Gasteiger partial charge is 0.490 e. The molecule has 0 aromatic heterocycles. The minimum atomic E-state index is -0.520.